The van der Waals surface area contributed by atoms with Crippen LogP contribution in [0.25, 0.3) is 0 Å². The first kappa shape index (κ1) is 18.2. The third-order valence-corrected chi connectivity index (χ3v) is 6.37. The van der Waals surface area contributed by atoms with E-state index in [1.165, 1.54) is 31.4 Å². The van der Waals surface area contributed by atoms with Gasteiger partial charge in [-0.15, -0.1) is 0 Å². The molecule has 6 heteroatoms. The minimum atomic E-state index is -0.0486. The lowest BCUT2D eigenvalue weighted by Gasteiger charge is -2.30. The van der Waals surface area contributed by atoms with E-state index in [-0.39, 0.29) is 17.8 Å². The van der Waals surface area contributed by atoms with Crippen LogP contribution in [-0.4, -0.2) is 19.8 Å². The summed E-state index contributed by atoms with van der Waals surface area (Å²) in [6, 6.07) is 18.1. The lowest BCUT2D eigenvalue weighted by Crippen LogP contribution is -2.30. The van der Waals surface area contributed by atoms with Crippen molar-refractivity contribution in [1.82, 2.24) is 14.9 Å². The van der Waals surface area contributed by atoms with Crippen LogP contribution in [0.15, 0.2) is 67.0 Å². The number of thiocarbonyl (C=S) groups is 1. The van der Waals surface area contributed by atoms with Gasteiger partial charge in [-0.1, -0.05) is 18.9 Å². The molecule has 5 rings (SSSR count). The molecule has 2 atom stereocenters. The lowest BCUT2D eigenvalue weighted by molar-refractivity contribution is 0.461. The Morgan fingerprint density at radius 1 is 1.00 bits per heavy atom. The summed E-state index contributed by atoms with van der Waals surface area (Å²) in [7, 11) is 0. The van der Waals surface area contributed by atoms with Gasteiger partial charge in [0, 0.05) is 29.8 Å². The van der Waals surface area contributed by atoms with Gasteiger partial charge in [-0.05, 0) is 73.6 Å². The zero-order valence-corrected chi connectivity index (χ0v) is 16.9. The second-order valence-electron chi connectivity index (χ2n) is 7.79. The fraction of sp³-hybridized carbons (Fsp3) is 0.304. The number of phenols is 1. The van der Waals surface area contributed by atoms with E-state index >= 15 is 0 Å². The van der Waals surface area contributed by atoms with Crippen molar-refractivity contribution in [3.63, 3.8) is 0 Å². The molecule has 5 nitrogen and oxygen atoms in total. The molecule has 0 bridgehead atoms. The summed E-state index contributed by atoms with van der Waals surface area (Å²) in [5, 5.41) is 13.9. The minimum Gasteiger partial charge on any atom is -0.508 e. The van der Waals surface area contributed by atoms with E-state index < -0.39 is 0 Å². The lowest BCUT2D eigenvalue weighted by atomic mass is 10.00. The molecule has 0 spiro atoms. The summed E-state index contributed by atoms with van der Waals surface area (Å²) < 4.78 is 2.44. The van der Waals surface area contributed by atoms with Gasteiger partial charge in [0.15, 0.2) is 5.11 Å². The average Bonchev–Trinajstić information content (AvgIpc) is 3.48. The highest BCUT2D eigenvalue weighted by Crippen LogP contribution is 2.43. The maximum absolute atomic E-state index is 9.75. The molecule has 1 aliphatic heterocycles. The van der Waals surface area contributed by atoms with Crippen LogP contribution in [0.1, 0.15) is 55.2 Å². The number of aromatic hydroxyl groups is 1. The number of aromatic nitrogens is 2. The molecule has 29 heavy (non-hydrogen) atoms. The Balaban J connectivity index is 1.62. The molecule has 1 aliphatic carbocycles. The van der Waals surface area contributed by atoms with E-state index in [0.29, 0.717) is 11.2 Å². The predicted octanol–water partition coefficient (Wildman–Crippen LogP) is 4.88. The Kier molecular flexibility index (Phi) is 4.72. The Bertz CT molecular complexity index is 995. The van der Waals surface area contributed by atoms with Gasteiger partial charge in [-0.25, -0.2) is 0 Å². The number of rotatable bonds is 4. The van der Waals surface area contributed by atoms with Gasteiger partial charge in [0.05, 0.1) is 11.7 Å². The maximum Gasteiger partial charge on any atom is 0.174 e. The van der Waals surface area contributed by atoms with Gasteiger partial charge < -0.3 is 19.9 Å². The standard InChI is InChI=1S/C23H24N4OS/c28-18-12-10-17(11-13-18)27-22(20-9-5-15-26(20)16-6-1-2-7-16)21(25-23(27)29)19-8-3-4-14-24-19/h3-5,8-16,21-22,28H,1-2,6-7H2,(H,25,29)/t21-,22+/m1/s1. The number of phenolic OH excluding ortho intramolecular Hbond substituents is 1. The molecule has 148 valence electrons. The smallest absolute Gasteiger partial charge is 0.174 e. The Hall–Kier alpha value is -2.86. The first-order valence-electron chi connectivity index (χ1n) is 10.2. The predicted molar refractivity (Wildman–Crippen MR) is 118 cm³/mol. The van der Waals surface area contributed by atoms with Crippen LogP contribution in [0.5, 0.6) is 5.75 Å². The topological polar surface area (TPSA) is 53.3 Å². The van der Waals surface area contributed by atoms with Crippen LogP contribution in [-0.2, 0) is 0 Å². The third-order valence-electron chi connectivity index (χ3n) is 6.06. The Labute approximate surface area is 176 Å². The highest BCUT2D eigenvalue weighted by Gasteiger charge is 2.42. The highest BCUT2D eigenvalue weighted by molar-refractivity contribution is 7.80. The molecule has 0 unspecified atom stereocenters. The largest absolute Gasteiger partial charge is 0.508 e. The number of nitrogens with zero attached hydrogens (tertiary/aromatic N) is 3. The number of nitrogens with one attached hydrogen (secondary N) is 1. The quantitative estimate of drug-likeness (QED) is 0.607. The molecular formula is C23H24N4OS. The van der Waals surface area contributed by atoms with Crippen molar-refractivity contribution < 1.29 is 5.11 Å². The molecule has 0 radical (unpaired) electrons. The van der Waals surface area contributed by atoms with Crippen LogP contribution in [0.4, 0.5) is 5.69 Å². The molecule has 1 saturated heterocycles. The van der Waals surface area contributed by atoms with E-state index in [1.54, 1.807) is 12.1 Å². The van der Waals surface area contributed by atoms with Gasteiger partial charge in [0.25, 0.3) is 0 Å². The van der Waals surface area contributed by atoms with Crippen molar-refractivity contribution in [1.29, 1.82) is 0 Å². The summed E-state index contributed by atoms with van der Waals surface area (Å²) in [6.07, 6.45) is 9.05. The molecule has 3 heterocycles. The first-order chi connectivity index (χ1) is 14.2. The van der Waals surface area contributed by atoms with Crippen LogP contribution < -0.4 is 10.2 Å². The number of anilines is 1. The summed E-state index contributed by atoms with van der Waals surface area (Å²) in [6.45, 7) is 0. The van der Waals surface area contributed by atoms with Crippen molar-refractivity contribution >= 4 is 23.0 Å². The second kappa shape index (κ2) is 7.52. The number of benzene rings is 1. The van der Waals surface area contributed by atoms with E-state index in [4.69, 9.17) is 12.2 Å². The fourth-order valence-corrected chi connectivity index (χ4v) is 5.07. The first-order valence-corrected chi connectivity index (χ1v) is 10.6. The SMILES string of the molecule is Oc1ccc(N2C(=S)N[C@H](c3ccccn3)[C@@H]2c2cccn2C2CCCC2)cc1. The molecule has 1 aromatic carbocycles. The molecule has 2 fully saturated rings. The zero-order valence-electron chi connectivity index (χ0n) is 16.1. The zero-order chi connectivity index (χ0) is 19.8. The number of hydrogen-bond acceptors (Lipinski definition) is 3. The molecular weight excluding hydrogens is 380 g/mol. The summed E-state index contributed by atoms with van der Waals surface area (Å²) in [5.74, 6) is 0.249. The third kappa shape index (κ3) is 3.27. The van der Waals surface area contributed by atoms with E-state index in [1.807, 2.05) is 30.5 Å². The van der Waals surface area contributed by atoms with E-state index in [0.717, 1.165) is 11.4 Å². The van der Waals surface area contributed by atoms with E-state index in [9.17, 15) is 5.11 Å². The minimum absolute atomic E-state index is 0.0162. The Morgan fingerprint density at radius 3 is 2.52 bits per heavy atom. The van der Waals surface area contributed by atoms with Crippen molar-refractivity contribution in [3.05, 3.63) is 78.4 Å². The molecule has 2 aliphatic rings. The second-order valence-corrected chi connectivity index (χ2v) is 8.18. The van der Waals surface area contributed by atoms with Gasteiger partial charge >= 0.3 is 0 Å². The van der Waals surface area contributed by atoms with Crippen molar-refractivity contribution in [2.75, 3.05) is 4.90 Å². The van der Waals surface area contributed by atoms with Crippen molar-refractivity contribution in [2.45, 2.75) is 43.8 Å². The van der Waals surface area contributed by atoms with E-state index in [2.05, 4.69) is 44.2 Å². The van der Waals surface area contributed by atoms with Crippen molar-refractivity contribution in [3.8, 4) is 5.75 Å². The molecule has 2 aromatic heterocycles. The molecule has 1 saturated carbocycles. The summed E-state index contributed by atoms with van der Waals surface area (Å²) in [4.78, 5) is 6.79. The highest BCUT2D eigenvalue weighted by atomic mass is 32.1. The van der Waals surface area contributed by atoms with Crippen LogP contribution in [0.2, 0.25) is 0 Å². The molecule has 2 N–H and O–H groups in total. The van der Waals surface area contributed by atoms with Gasteiger partial charge in [-0.2, -0.15) is 0 Å². The van der Waals surface area contributed by atoms with Gasteiger partial charge in [-0.3, -0.25) is 4.98 Å². The van der Waals surface area contributed by atoms with Crippen LogP contribution in [0, 0.1) is 0 Å². The maximum atomic E-state index is 9.75. The average molecular weight is 405 g/mol. The van der Waals surface area contributed by atoms with Crippen molar-refractivity contribution in [2.24, 2.45) is 0 Å². The normalized spacial score (nSPS) is 22.2. The number of pyridine rings is 1. The number of hydrogen-bond donors (Lipinski definition) is 2. The van der Waals surface area contributed by atoms with Crippen LogP contribution in [0.3, 0.4) is 0 Å². The Morgan fingerprint density at radius 2 is 1.79 bits per heavy atom. The summed E-state index contributed by atoms with van der Waals surface area (Å²) in [5.41, 5.74) is 3.18. The summed E-state index contributed by atoms with van der Waals surface area (Å²) >= 11 is 5.78. The monoisotopic (exact) mass is 404 g/mol. The van der Waals surface area contributed by atoms with Gasteiger partial charge in [0.1, 0.15) is 11.8 Å². The molecule has 3 aromatic rings. The van der Waals surface area contributed by atoms with Crippen LogP contribution >= 0.6 is 12.2 Å². The van der Waals surface area contributed by atoms with Gasteiger partial charge in [0.2, 0.25) is 0 Å². The fourth-order valence-electron chi connectivity index (χ4n) is 4.72. The molecule has 0 amide bonds.